The van der Waals surface area contributed by atoms with Crippen LogP contribution in [0.2, 0.25) is 0 Å². The highest BCUT2D eigenvalue weighted by atomic mass is 16.5. The van der Waals surface area contributed by atoms with Crippen LogP contribution in [-0.4, -0.2) is 48.0 Å². The van der Waals surface area contributed by atoms with Crippen molar-refractivity contribution in [2.45, 2.75) is 51.3 Å². The van der Waals surface area contributed by atoms with Gasteiger partial charge >= 0.3 is 0 Å². The minimum Gasteiger partial charge on any atom is -0.379 e. The zero-order valence-electron chi connectivity index (χ0n) is 13.9. The lowest BCUT2D eigenvalue weighted by molar-refractivity contribution is -0.0925. The number of anilines is 2. The molecule has 0 bridgehead atoms. The Morgan fingerprint density at radius 2 is 2.13 bits per heavy atom. The number of fused-ring (bicyclic) bond motifs is 1. The van der Waals surface area contributed by atoms with E-state index in [4.69, 9.17) is 9.47 Å². The van der Waals surface area contributed by atoms with Crippen LogP contribution in [0.1, 0.15) is 33.1 Å². The Morgan fingerprint density at radius 3 is 2.96 bits per heavy atom. The van der Waals surface area contributed by atoms with Crippen molar-refractivity contribution in [2.75, 3.05) is 30.5 Å². The van der Waals surface area contributed by atoms with Crippen LogP contribution in [0.4, 0.5) is 11.8 Å². The molecule has 3 heterocycles. The van der Waals surface area contributed by atoms with E-state index in [-0.39, 0.29) is 5.41 Å². The molecule has 2 saturated heterocycles. The molecule has 3 fully saturated rings. The molecule has 3 aliphatic rings. The van der Waals surface area contributed by atoms with Crippen LogP contribution in [0.25, 0.3) is 0 Å². The van der Waals surface area contributed by atoms with Crippen LogP contribution >= 0.6 is 0 Å². The maximum atomic E-state index is 5.85. The summed E-state index contributed by atoms with van der Waals surface area (Å²) in [7, 11) is 0. The zero-order chi connectivity index (χ0) is 15.9. The van der Waals surface area contributed by atoms with E-state index in [2.05, 4.69) is 34.4 Å². The first-order valence-corrected chi connectivity index (χ1v) is 8.70. The minimum atomic E-state index is 0.130. The van der Waals surface area contributed by atoms with Crippen molar-refractivity contribution in [3.63, 3.8) is 0 Å². The summed E-state index contributed by atoms with van der Waals surface area (Å²) < 4.78 is 11.4. The molecule has 2 aliphatic heterocycles. The molecular formula is C17H26N4O2. The van der Waals surface area contributed by atoms with Gasteiger partial charge in [-0.25, -0.2) is 4.98 Å². The molecule has 0 spiro atoms. The Hall–Kier alpha value is -1.40. The number of hydrogen-bond acceptors (Lipinski definition) is 6. The molecule has 6 nitrogen and oxygen atoms in total. The van der Waals surface area contributed by atoms with Crippen molar-refractivity contribution in [1.29, 1.82) is 0 Å². The summed E-state index contributed by atoms with van der Waals surface area (Å²) in [4.78, 5) is 9.04. The van der Waals surface area contributed by atoms with Gasteiger partial charge in [0.1, 0.15) is 5.82 Å². The fraction of sp³-hybridized carbons (Fsp3) is 0.765. The zero-order valence-corrected chi connectivity index (χ0v) is 13.9. The van der Waals surface area contributed by atoms with Gasteiger partial charge in [0, 0.05) is 36.8 Å². The SMILES string of the molecule is CC1(C)[C@H](Nc2nccc(N[C@@H]3CCCOC3)n2)[C@H]2CCO[C@@H]21. The predicted octanol–water partition coefficient (Wildman–Crippen LogP) is 2.29. The first-order valence-electron chi connectivity index (χ1n) is 8.70. The summed E-state index contributed by atoms with van der Waals surface area (Å²) in [6.07, 6.45) is 5.55. The average molecular weight is 318 g/mol. The molecule has 0 unspecified atom stereocenters. The van der Waals surface area contributed by atoms with Crippen LogP contribution in [-0.2, 0) is 9.47 Å². The monoisotopic (exact) mass is 318 g/mol. The van der Waals surface area contributed by atoms with E-state index in [0.29, 0.717) is 30.1 Å². The summed E-state index contributed by atoms with van der Waals surface area (Å²) in [5.41, 5.74) is 0.130. The molecule has 1 aliphatic carbocycles. The van der Waals surface area contributed by atoms with Gasteiger partial charge in [-0.05, 0) is 25.3 Å². The number of nitrogens with one attached hydrogen (secondary N) is 2. The molecule has 2 N–H and O–H groups in total. The average Bonchev–Trinajstić information content (AvgIpc) is 3.01. The van der Waals surface area contributed by atoms with Gasteiger partial charge in [0.2, 0.25) is 5.95 Å². The van der Waals surface area contributed by atoms with Crippen molar-refractivity contribution < 1.29 is 9.47 Å². The quantitative estimate of drug-likeness (QED) is 0.888. The van der Waals surface area contributed by atoms with Crippen molar-refractivity contribution in [2.24, 2.45) is 11.3 Å². The number of hydrogen-bond donors (Lipinski definition) is 2. The second kappa shape index (κ2) is 5.91. The van der Waals surface area contributed by atoms with E-state index in [1.165, 1.54) is 0 Å². The van der Waals surface area contributed by atoms with Crippen LogP contribution < -0.4 is 10.6 Å². The number of aromatic nitrogens is 2. The molecule has 1 aromatic heterocycles. The molecule has 0 amide bonds. The molecular weight excluding hydrogens is 292 g/mol. The second-order valence-corrected chi connectivity index (χ2v) is 7.51. The maximum absolute atomic E-state index is 5.85. The van der Waals surface area contributed by atoms with E-state index < -0.39 is 0 Å². The molecule has 1 aromatic rings. The molecule has 126 valence electrons. The van der Waals surface area contributed by atoms with E-state index in [1.807, 2.05) is 12.3 Å². The van der Waals surface area contributed by atoms with Crippen LogP contribution in [0.3, 0.4) is 0 Å². The number of rotatable bonds is 4. The van der Waals surface area contributed by atoms with E-state index in [1.54, 1.807) is 0 Å². The Bertz CT molecular complexity index is 559. The third-order valence-electron chi connectivity index (χ3n) is 5.55. The molecule has 1 saturated carbocycles. The number of nitrogens with zero attached hydrogens (tertiary/aromatic N) is 2. The Morgan fingerprint density at radius 1 is 1.22 bits per heavy atom. The Kier molecular flexibility index (Phi) is 3.89. The highest BCUT2D eigenvalue weighted by molar-refractivity contribution is 5.42. The van der Waals surface area contributed by atoms with E-state index >= 15 is 0 Å². The van der Waals surface area contributed by atoms with E-state index in [9.17, 15) is 0 Å². The summed E-state index contributed by atoms with van der Waals surface area (Å²) in [6, 6.07) is 2.65. The van der Waals surface area contributed by atoms with Crippen molar-refractivity contribution in [3.05, 3.63) is 12.3 Å². The van der Waals surface area contributed by atoms with Gasteiger partial charge in [-0.15, -0.1) is 0 Å². The maximum Gasteiger partial charge on any atom is 0.224 e. The van der Waals surface area contributed by atoms with Crippen LogP contribution in [0, 0.1) is 11.3 Å². The predicted molar refractivity (Wildman–Crippen MR) is 88.5 cm³/mol. The van der Waals surface area contributed by atoms with Gasteiger partial charge in [0.25, 0.3) is 0 Å². The lowest BCUT2D eigenvalue weighted by atomic mass is 9.57. The Labute approximate surface area is 137 Å². The largest absolute Gasteiger partial charge is 0.379 e. The topological polar surface area (TPSA) is 68.3 Å². The standard InChI is InChI=1S/C17H26N4O2/c1-17(2)14(12-6-9-23-15(12)17)21-16-18-7-5-13(20-16)19-11-4-3-8-22-10-11/h5,7,11-12,14-15H,3-4,6,8-10H2,1-2H3,(H2,18,19,20,21)/t11-,12-,14-,15+/m1/s1. The van der Waals surface area contributed by atoms with Crippen molar-refractivity contribution in [1.82, 2.24) is 9.97 Å². The van der Waals surface area contributed by atoms with Gasteiger partial charge in [-0.1, -0.05) is 13.8 Å². The molecule has 23 heavy (non-hydrogen) atoms. The second-order valence-electron chi connectivity index (χ2n) is 7.51. The molecule has 0 aromatic carbocycles. The van der Waals surface area contributed by atoms with E-state index in [0.717, 1.165) is 44.9 Å². The molecule has 6 heteroatoms. The molecule has 4 atom stereocenters. The first kappa shape index (κ1) is 15.1. The van der Waals surface area contributed by atoms with Gasteiger partial charge in [-0.2, -0.15) is 4.98 Å². The lowest BCUT2D eigenvalue weighted by Crippen LogP contribution is -2.63. The lowest BCUT2D eigenvalue weighted by Gasteiger charge is -2.54. The molecule has 0 radical (unpaired) electrons. The third-order valence-corrected chi connectivity index (χ3v) is 5.55. The summed E-state index contributed by atoms with van der Waals surface area (Å²) in [5.74, 6) is 2.15. The van der Waals surface area contributed by atoms with Gasteiger partial charge in [0.05, 0.1) is 18.8 Å². The smallest absolute Gasteiger partial charge is 0.224 e. The van der Waals surface area contributed by atoms with Crippen molar-refractivity contribution >= 4 is 11.8 Å². The molecule has 4 rings (SSSR count). The first-order chi connectivity index (χ1) is 11.1. The third kappa shape index (κ3) is 2.78. The fourth-order valence-corrected chi connectivity index (χ4v) is 4.33. The summed E-state index contributed by atoms with van der Waals surface area (Å²) >= 11 is 0. The normalized spacial score (nSPS) is 35.2. The Balaban J connectivity index is 1.42. The number of ether oxygens (including phenoxy) is 2. The van der Waals surface area contributed by atoms with Gasteiger partial charge < -0.3 is 20.1 Å². The highest BCUT2D eigenvalue weighted by Gasteiger charge is 2.59. The summed E-state index contributed by atoms with van der Waals surface area (Å²) in [5, 5.41) is 7.00. The van der Waals surface area contributed by atoms with Gasteiger partial charge in [-0.3, -0.25) is 0 Å². The van der Waals surface area contributed by atoms with Gasteiger partial charge in [0.15, 0.2) is 0 Å². The fourth-order valence-electron chi connectivity index (χ4n) is 4.33. The van der Waals surface area contributed by atoms with Crippen LogP contribution in [0.15, 0.2) is 12.3 Å². The van der Waals surface area contributed by atoms with Crippen LogP contribution in [0.5, 0.6) is 0 Å². The minimum absolute atomic E-state index is 0.130. The van der Waals surface area contributed by atoms with Crippen molar-refractivity contribution in [3.8, 4) is 0 Å². The summed E-state index contributed by atoms with van der Waals surface area (Å²) in [6.45, 7) is 7.03. The highest BCUT2D eigenvalue weighted by Crippen LogP contribution is 2.53.